The van der Waals surface area contributed by atoms with Gasteiger partial charge < -0.3 is 11.1 Å². The van der Waals surface area contributed by atoms with Crippen LogP contribution in [0.3, 0.4) is 0 Å². The number of carbonyl (C=O) groups is 1. The van der Waals surface area contributed by atoms with Crippen molar-refractivity contribution in [2.75, 3.05) is 0 Å². The van der Waals surface area contributed by atoms with Crippen LogP contribution in [-0.2, 0) is 4.79 Å². The van der Waals surface area contributed by atoms with E-state index in [0.717, 1.165) is 6.08 Å². The van der Waals surface area contributed by atoms with Crippen LogP contribution < -0.4 is 11.1 Å². The fraction of sp³-hybridized carbons (Fsp3) is 0.200. The molecule has 0 spiro atoms. The van der Waals surface area contributed by atoms with Gasteiger partial charge >= 0.3 is 6.03 Å². The lowest BCUT2D eigenvalue weighted by Gasteiger charge is -2.00. The molecule has 4 heteroatoms. The van der Waals surface area contributed by atoms with Gasteiger partial charge in [0.2, 0.25) is 0 Å². The van der Waals surface area contributed by atoms with E-state index in [4.69, 9.17) is 5.73 Å². The molecule has 0 aliphatic rings. The molecule has 9 heavy (non-hydrogen) atoms. The predicted octanol–water partition coefficient (Wildman–Crippen LogP) is -0.406. The van der Waals surface area contributed by atoms with Crippen LogP contribution in [-0.4, -0.2) is 12.0 Å². The van der Waals surface area contributed by atoms with Gasteiger partial charge in [0.05, 0.1) is 6.04 Å². The minimum atomic E-state index is -0.681. The van der Waals surface area contributed by atoms with E-state index in [0.29, 0.717) is 6.04 Å². The number of rotatable bonds is 2. The Hall–Kier alpha value is -1.28. The van der Waals surface area contributed by atoms with Gasteiger partial charge in [-0.25, -0.2) is 9.59 Å². The molecule has 0 aromatic heterocycles. The van der Waals surface area contributed by atoms with Crippen LogP contribution in [0.5, 0.6) is 0 Å². The van der Waals surface area contributed by atoms with E-state index in [9.17, 15) is 9.59 Å². The van der Waals surface area contributed by atoms with E-state index in [-0.39, 0.29) is 0 Å². The van der Waals surface area contributed by atoms with Crippen molar-refractivity contribution in [2.24, 2.45) is 5.73 Å². The largest absolute Gasteiger partial charge is 0.352 e. The summed E-state index contributed by atoms with van der Waals surface area (Å²) in [5.41, 5.74) is 4.70. The number of amides is 2. The zero-order valence-corrected chi connectivity index (χ0v) is 4.97. The van der Waals surface area contributed by atoms with Crippen LogP contribution in [0.15, 0.2) is 6.08 Å². The minimum absolute atomic E-state index is 0.387. The molecule has 0 unspecified atom stereocenters. The van der Waals surface area contributed by atoms with Crippen LogP contribution in [0.25, 0.3) is 0 Å². The number of nitrogens with two attached hydrogens (primary N) is 1. The van der Waals surface area contributed by atoms with Gasteiger partial charge in [-0.15, -0.1) is 0 Å². The molecule has 0 aromatic carbocycles. The molecule has 0 aliphatic heterocycles. The first-order chi connectivity index (χ1) is 4.16. The standard InChI is InChI=1S/C5H7N2O2/c1-4(2-3-8)7-5(6)9/h2H,1H3,(H3,6,7,9). The summed E-state index contributed by atoms with van der Waals surface area (Å²) >= 11 is 0. The molecule has 0 bridgehead atoms. The van der Waals surface area contributed by atoms with Gasteiger partial charge in [0.25, 0.3) is 0 Å². The van der Waals surface area contributed by atoms with E-state index in [1.807, 2.05) is 0 Å². The fourth-order valence-corrected chi connectivity index (χ4v) is 0.319. The number of primary amides is 1. The SMILES string of the molecule is C[C](C=C=O)NC(N)=O. The number of urea groups is 1. The summed E-state index contributed by atoms with van der Waals surface area (Å²) in [6.07, 6.45) is 1.09. The normalized spacial score (nSPS) is 8.22. The Morgan fingerprint density at radius 2 is 2.33 bits per heavy atom. The third-order valence-electron chi connectivity index (χ3n) is 0.596. The minimum Gasteiger partial charge on any atom is -0.352 e. The maximum Gasteiger partial charge on any atom is 0.312 e. The highest BCUT2D eigenvalue weighted by Gasteiger charge is 1.98. The molecule has 0 atom stereocenters. The number of hydrogen-bond donors (Lipinski definition) is 2. The molecule has 0 saturated carbocycles. The van der Waals surface area contributed by atoms with Gasteiger partial charge in [0.15, 0.2) is 0 Å². The van der Waals surface area contributed by atoms with E-state index in [1.54, 1.807) is 0 Å². The Bertz CT molecular complexity index is 149. The number of nitrogens with one attached hydrogen (secondary N) is 1. The Balaban J connectivity index is 3.62. The van der Waals surface area contributed by atoms with Crippen molar-refractivity contribution >= 4 is 12.0 Å². The van der Waals surface area contributed by atoms with Crippen molar-refractivity contribution in [3.63, 3.8) is 0 Å². The fourth-order valence-electron chi connectivity index (χ4n) is 0.319. The molecule has 0 saturated heterocycles. The Morgan fingerprint density at radius 1 is 1.78 bits per heavy atom. The summed E-state index contributed by atoms with van der Waals surface area (Å²) in [7, 11) is 0. The first kappa shape index (κ1) is 7.72. The van der Waals surface area contributed by atoms with Crippen LogP contribution in [0, 0.1) is 6.04 Å². The first-order valence-corrected chi connectivity index (χ1v) is 2.27. The van der Waals surface area contributed by atoms with Gasteiger partial charge in [0.1, 0.15) is 5.94 Å². The molecule has 0 aromatic rings. The summed E-state index contributed by atoms with van der Waals surface area (Å²) < 4.78 is 0. The molecule has 0 rings (SSSR count). The topological polar surface area (TPSA) is 72.2 Å². The number of hydrogen-bond acceptors (Lipinski definition) is 2. The van der Waals surface area contributed by atoms with Gasteiger partial charge in [-0.3, -0.25) is 0 Å². The summed E-state index contributed by atoms with van der Waals surface area (Å²) in [5, 5.41) is 2.18. The summed E-state index contributed by atoms with van der Waals surface area (Å²) in [5.74, 6) is 1.49. The second kappa shape index (κ2) is 3.69. The molecular weight excluding hydrogens is 120 g/mol. The van der Waals surface area contributed by atoms with Crippen molar-refractivity contribution in [3.05, 3.63) is 12.1 Å². The maximum atomic E-state index is 10.0. The first-order valence-electron chi connectivity index (χ1n) is 2.27. The molecule has 3 N–H and O–H groups in total. The predicted molar refractivity (Wildman–Crippen MR) is 31.9 cm³/mol. The van der Waals surface area contributed by atoms with Crippen LogP contribution in [0.2, 0.25) is 0 Å². The quantitative estimate of drug-likeness (QED) is 0.495. The highest BCUT2D eigenvalue weighted by Crippen LogP contribution is 1.88. The van der Waals surface area contributed by atoms with E-state index < -0.39 is 6.03 Å². The van der Waals surface area contributed by atoms with E-state index in [2.05, 4.69) is 5.32 Å². The third kappa shape index (κ3) is 4.58. The summed E-state index contributed by atoms with van der Waals surface area (Å²) in [4.78, 5) is 19.6. The lowest BCUT2D eigenvalue weighted by molar-refractivity contribution is 0.250. The number of carbonyl (C=O) groups excluding carboxylic acids is 2. The Kier molecular flexibility index (Phi) is 3.16. The molecular formula is C5H7N2O2. The third-order valence-corrected chi connectivity index (χ3v) is 0.596. The average Bonchev–Trinajstić information content (AvgIpc) is 1.63. The maximum absolute atomic E-state index is 10.0. The van der Waals surface area contributed by atoms with E-state index >= 15 is 0 Å². The lowest BCUT2D eigenvalue weighted by atomic mass is 10.3. The molecule has 49 valence electrons. The second-order valence-corrected chi connectivity index (χ2v) is 1.43. The molecule has 2 amide bonds. The molecule has 1 radical (unpaired) electrons. The molecule has 0 fully saturated rings. The highest BCUT2D eigenvalue weighted by molar-refractivity contribution is 5.74. The molecule has 0 aliphatic carbocycles. The van der Waals surface area contributed by atoms with Gasteiger partial charge in [-0.05, 0) is 6.92 Å². The average molecular weight is 127 g/mol. The van der Waals surface area contributed by atoms with Crippen molar-refractivity contribution < 1.29 is 9.59 Å². The monoisotopic (exact) mass is 127 g/mol. The molecule has 0 heterocycles. The Labute approximate surface area is 52.7 Å². The van der Waals surface area contributed by atoms with Crippen molar-refractivity contribution in [1.82, 2.24) is 5.32 Å². The lowest BCUT2D eigenvalue weighted by Crippen LogP contribution is -2.30. The summed E-state index contributed by atoms with van der Waals surface area (Å²) in [6, 6.07) is -0.295. The van der Waals surface area contributed by atoms with Gasteiger partial charge in [0, 0.05) is 6.08 Å². The zero-order chi connectivity index (χ0) is 7.28. The van der Waals surface area contributed by atoms with Crippen LogP contribution in [0.1, 0.15) is 6.92 Å². The van der Waals surface area contributed by atoms with Crippen molar-refractivity contribution in [3.8, 4) is 0 Å². The van der Waals surface area contributed by atoms with Crippen molar-refractivity contribution in [2.45, 2.75) is 6.92 Å². The van der Waals surface area contributed by atoms with Gasteiger partial charge in [-0.2, -0.15) is 0 Å². The summed E-state index contributed by atoms with van der Waals surface area (Å²) in [6.45, 7) is 1.54. The zero-order valence-electron chi connectivity index (χ0n) is 4.97. The van der Waals surface area contributed by atoms with Crippen LogP contribution >= 0.6 is 0 Å². The second-order valence-electron chi connectivity index (χ2n) is 1.43. The highest BCUT2D eigenvalue weighted by atomic mass is 16.2. The van der Waals surface area contributed by atoms with Crippen LogP contribution in [0.4, 0.5) is 4.79 Å². The molecule has 4 nitrogen and oxygen atoms in total. The smallest absolute Gasteiger partial charge is 0.312 e. The van der Waals surface area contributed by atoms with Crippen molar-refractivity contribution in [1.29, 1.82) is 0 Å². The Morgan fingerprint density at radius 3 is 2.67 bits per heavy atom. The van der Waals surface area contributed by atoms with Gasteiger partial charge in [-0.1, -0.05) is 0 Å². The van der Waals surface area contributed by atoms with E-state index in [1.165, 1.54) is 12.9 Å².